The average Bonchev–Trinajstić information content (AvgIpc) is 3.25. The highest BCUT2D eigenvalue weighted by Crippen LogP contribution is 2.40. The van der Waals surface area contributed by atoms with Crippen LogP contribution in [-0.4, -0.2) is 61.5 Å². The van der Waals surface area contributed by atoms with E-state index in [9.17, 15) is 14.2 Å². The van der Waals surface area contributed by atoms with E-state index in [-0.39, 0.29) is 11.5 Å². The van der Waals surface area contributed by atoms with E-state index >= 15 is 0 Å². The zero-order valence-electron chi connectivity index (χ0n) is 26.5. The lowest BCUT2D eigenvalue weighted by atomic mass is 9.88. The molecule has 0 bridgehead atoms. The van der Waals surface area contributed by atoms with Gasteiger partial charge in [-0.3, -0.25) is 4.79 Å². The number of aromatic nitrogens is 2. The van der Waals surface area contributed by atoms with Gasteiger partial charge in [-0.15, -0.1) is 0 Å². The molecule has 0 spiro atoms. The number of carbonyl (C=O) groups excluding carboxylic acids is 1. The number of imidazole rings is 1. The van der Waals surface area contributed by atoms with Crippen LogP contribution in [0, 0.1) is 20.8 Å². The number of anilines is 1. The number of hydrogen-bond acceptors (Lipinski definition) is 6. The first-order valence-corrected chi connectivity index (χ1v) is 15.6. The molecule has 0 aliphatic carbocycles. The first-order valence-electron chi connectivity index (χ1n) is 14.5. The van der Waals surface area contributed by atoms with Gasteiger partial charge in [0.25, 0.3) is 5.91 Å². The zero-order chi connectivity index (χ0) is 32.0. The summed E-state index contributed by atoms with van der Waals surface area (Å²) in [6, 6.07) is 19.1. The third kappa shape index (κ3) is 5.53. The number of rotatable bonds is 8. The van der Waals surface area contributed by atoms with Crippen LogP contribution in [0.2, 0.25) is 0 Å². The Morgan fingerprint density at radius 3 is 2.32 bits per heavy atom. The van der Waals surface area contributed by atoms with Crippen molar-refractivity contribution < 1.29 is 23.7 Å². The van der Waals surface area contributed by atoms with Crippen LogP contribution in [0.4, 0.5) is 5.69 Å². The maximum atomic E-state index is 13.6. The van der Waals surface area contributed by atoms with E-state index in [1.165, 1.54) is 0 Å². The molecule has 4 aromatic rings. The Morgan fingerprint density at radius 2 is 1.73 bits per heavy atom. The van der Waals surface area contributed by atoms with Gasteiger partial charge in [0.2, 0.25) is 0 Å². The number of nitrogens with zero attached hydrogens (tertiary/aromatic N) is 3. The van der Waals surface area contributed by atoms with Crippen LogP contribution in [0.25, 0.3) is 22.5 Å². The van der Waals surface area contributed by atoms with Crippen molar-refractivity contribution in [3.05, 3.63) is 88.7 Å². The van der Waals surface area contributed by atoms with Crippen molar-refractivity contribution in [3.63, 3.8) is 0 Å². The van der Waals surface area contributed by atoms with Gasteiger partial charge in [-0.2, -0.15) is 4.73 Å². The Kier molecular flexibility index (Phi) is 8.45. The minimum absolute atomic E-state index is 0.0301. The van der Waals surface area contributed by atoms with Gasteiger partial charge in [-0.25, -0.2) is 13.5 Å². The summed E-state index contributed by atoms with van der Waals surface area (Å²) in [6.45, 7) is 12.4. The van der Waals surface area contributed by atoms with Crippen LogP contribution in [0.1, 0.15) is 53.6 Å². The second kappa shape index (κ2) is 11.8. The molecule has 1 amide bonds. The van der Waals surface area contributed by atoms with Crippen LogP contribution in [0.15, 0.2) is 60.7 Å². The maximum Gasteiger partial charge on any atom is 0.277 e. The van der Waals surface area contributed by atoms with Crippen LogP contribution >= 0.6 is 0 Å². The largest absolute Gasteiger partial charge is 0.496 e. The Bertz CT molecular complexity index is 1730. The van der Waals surface area contributed by atoms with Crippen molar-refractivity contribution >= 4 is 22.6 Å². The summed E-state index contributed by atoms with van der Waals surface area (Å²) in [5.41, 5.74) is 5.99. The van der Waals surface area contributed by atoms with Crippen molar-refractivity contribution in [3.8, 4) is 28.3 Å². The second-order valence-electron chi connectivity index (χ2n) is 12.3. The van der Waals surface area contributed by atoms with Crippen LogP contribution in [0.3, 0.4) is 0 Å². The lowest BCUT2D eigenvalue weighted by molar-refractivity contribution is -0.109. The number of amides is 1. The molecule has 1 aromatic heterocycles. The monoisotopic (exact) mass is 616 g/mol. The fourth-order valence-electron chi connectivity index (χ4n) is 5.72. The fourth-order valence-corrected chi connectivity index (χ4v) is 7.07. The van der Waals surface area contributed by atoms with Crippen molar-refractivity contribution in [1.29, 1.82) is 0 Å². The second-order valence-corrected chi connectivity index (χ2v) is 14.6. The van der Waals surface area contributed by atoms with Gasteiger partial charge in [0, 0.05) is 23.9 Å². The highest BCUT2D eigenvalue weighted by Gasteiger charge is 2.48. The number of hydrogen-bond donors (Lipinski definition) is 2. The van der Waals surface area contributed by atoms with Gasteiger partial charge in [0.05, 0.1) is 30.8 Å². The molecule has 9 nitrogen and oxygen atoms in total. The van der Waals surface area contributed by atoms with Crippen LogP contribution < -0.4 is 10.1 Å². The third-order valence-electron chi connectivity index (χ3n) is 8.17. The van der Waals surface area contributed by atoms with Gasteiger partial charge in [-0.1, -0.05) is 30.3 Å². The minimum Gasteiger partial charge on any atom is -0.496 e. The Morgan fingerprint density at radius 1 is 1.07 bits per heavy atom. The van der Waals surface area contributed by atoms with Crippen molar-refractivity contribution in [2.45, 2.75) is 51.8 Å². The summed E-state index contributed by atoms with van der Waals surface area (Å²) in [7, 11) is 2.20. The number of aryl methyl sites for hydroxylation is 3. The highest BCUT2D eigenvalue weighted by atomic mass is 32.2. The molecule has 0 radical (unpaired) electrons. The number of ether oxygens (including phenoxy) is 2. The van der Waals surface area contributed by atoms with Crippen LogP contribution in [0.5, 0.6) is 5.75 Å². The standard InChI is InChI=1S/C34H40N4O5S/c1-21-11-9-12-22(2)29(21)27-17-24(15-16-28(27)42-8)31-35-23(3)30(38(31)40)32(39)36-26-14-10-13-25(18-26)34(19-43-20-34)37(7)44(41)33(4,5)6/h9-18,40H,19-20H2,1-8H3,(H,36,39). The summed E-state index contributed by atoms with van der Waals surface area (Å²) < 4.78 is 26.8. The molecule has 1 aliphatic heterocycles. The molecule has 10 heteroatoms. The van der Waals surface area contributed by atoms with Crippen molar-refractivity contribution in [2.24, 2.45) is 0 Å². The van der Waals surface area contributed by atoms with E-state index in [2.05, 4.69) is 10.3 Å². The van der Waals surface area contributed by atoms with Gasteiger partial charge < -0.3 is 20.0 Å². The first kappa shape index (κ1) is 31.4. The summed E-state index contributed by atoms with van der Waals surface area (Å²) >= 11 is 0. The van der Waals surface area contributed by atoms with Crippen molar-refractivity contribution in [1.82, 2.24) is 14.0 Å². The summed E-state index contributed by atoms with van der Waals surface area (Å²) in [6.07, 6.45) is 0. The molecule has 2 heterocycles. The minimum atomic E-state index is -1.28. The molecule has 1 fully saturated rings. The van der Waals surface area contributed by atoms with E-state index < -0.39 is 27.2 Å². The van der Waals surface area contributed by atoms with Crippen molar-refractivity contribution in [2.75, 3.05) is 32.7 Å². The molecule has 1 atom stereocenters. The molecule has 5 rings (SSSR count). The molecule has 232 valence electrons. The lowest BCUT2D eigenvalue weighted by Crippen LogP contribution is -2.60. The SMILES string of the molecule is COc1ccc(-c2nc(C)c(C(=O)Nc3cccc(C4(N(C)S(=O)C(C)(C)C)COC4)c3)n2O)cc1-c1c(C)cccc1C. The van der Waals surface area contributed by atoms with Gasteiger partial charge in [0.15, 0.2) is 11.5 Å². The fraction of sp³-hybridized carbons (Fsp3) is 0.353. The molecule has 1 unspecified atom stereocenters. The Labute approximate surface area is 261 Å². The molecule has 0 saturated carbocycles. The summed E-state index contributed by atoms with van der Waals surface area (Å²) in [4.78, 5) is 18.1. The zero-order valence-corrected chi connectivity index (χ0v) is 27.3. The average molecular weight is 617 g/mol. The smallest absolute Gasteiger partial charge is 0.277 e. The third-order valence-corrected chi connectivity index (χ3v) is 10.1. The number of benzene rings is 3. The molecule has 44 heavy (non-hydrogen) atoms. The predicted molar refractivity (Wildman–Crippen MR) is 174 cm³/mol. The number of carbonyl (C=O) groups is 1. The summed E-state index contributed by atoms with van der Waals surface area (Å²) in [5.74, 6) is 0.437. The van der Waals surface area contributed by atoms with Gasteiger partial charge >= 0.3 is 0 Å². The molecular formula is C34H40N4O5S. The molecule has 2 N–H and O–H groups in total. The Hall–Kier alpha value is -3.99. The van der Waals surface area contributed by atoms with E-state index in [4.69, 9.17) is 9.47 Å². The quantitative estimate of drug-likeness (QED) is 0.227. The molecule has 1 saturated heterocycles. The van der Waals surface area contributed by atoms with E-state index in [0.717, 1.165) is 32.5 Å². The maximum absolute atomic E-state index is 13.6. The highest BCUT2D eigenvalue weighted by molar-refractivity contribution is 7.84. The van der Waals surface area contributed by atoms with Crippen LogP contribution in [-0.2, 0) is 21.3 Å². The van der Waals surface area contributed by atoms with E-state index in [1.54, 1.807) is 20.1 Å². The summed E-state index contributed by atoms with van der Waals surface area (Å²) in [5, 5.41) is 14.2. The number of likely N-dealkylation sites (N-methyl/N-ethyl adjacent to an activating group) is 1. The van der Waals surface area contributed by atoms with Gasteiger partial charge in [0.1, 0.15) is 22.3 Å². The first-order chi connectivity index (χ1) is 20.8. The molecular weight excluding hydrogens is 576 g/mol. The predicted octanol–water partition coefficient (Wildman–Crippen LogP) is 6.26. The topological polar surface area (TPSA) is 106 Å². The van der Waals surface area contributed by atoms with E-state index in [1.807, 2.05) is 101 Å². The molecule has 1 aliphatic rings. The molecule has 3 aromatic carbocycles. The normalized spacial score (nSPS) is 15.1. The Balaban J connectivity index is 1.46. The van der Waals surface area contributed by atoms with E-state index in [0.29, 0.717) is 35.9 Å². The number of methoxy groups -OCH3 is 1. The lowest BCUT2D eigenvalue weighted by Gasteiger charge is -2.49. The number of nitrogens with one attached hydrogen (secondary N) is 1. The van der Waals surface area contributed by atoms with Gasteiger partial charge in [-0.05, 0) is 94.1 Å².